The Morgan fingerprint density at radius 3 is 2.35 bits per heavy atom. The second kappa shape index (κ2) is 6.26. The van der Waals surface area contributed by atoms with Crippen LogP contribution in [-0.4, -0.2) is 17.0 Å². The van der Waals surface area contributed by atoms with Gasteiger partial charge in [0.15, 0.2) is 5.82 Å². The van der Waals surface area contributed by atoms with Gasteiger partial charge in [0.1, 0.15) is 5.82 Å². The molecule has 20 heavy (non-hydrogen) atoms. The predicted molar refractivity (Wildman–Crippen MR) is 79.0 cm³/mol. The molecule has 0 radical (unpaired) electrons. The van der Waals surface area contributed by atoms with Crippen LogP contribution in [-0.2, 0) is 6.42 Å². The summed E-state index contributed by atoms with van der Waals surface area (Å²) < 4.78 is 25.9. The standard InChI is InChI=1S/C14H14BrF2N3/c1-3-10-11(15)14(18-2)20-13(19-10)9-6-4-8(5-7-9)12(16)17/h4-7,12H,3H2,1-2H3,(H,18,19,20). The molecule has 0 spiro atoms. The van der Waals surface area contributed by atoms with Crippen LogP contribution in [0.2, 0.25) is 0 Å². The van der Waals surface area contributed by atoms with E-state index in [-0.39, 0.29) is 5.56 Å². The second-order valence-electron chi connectivity index (χ2n) is 4.18. The predicted octanol–water partition coefficient (Wildman–Crippen LogP) is 4.45. The molecule has 0 aliphatic carbocycles. The van der Waals surface area contributed by atoms with Crippen molar-refractivity contribution in [2.24, 2.45) is 0 Å². The van der Waals surface area contributed by atoms with Crippen molar-refractivity contribution in [2.45, 2.75) is 19.8 Å². The van der Waals surface area contributed by atoms with E-state index in [1.165, 1.54) is 12.1 Å². The van der Waals surface area contributed by atoms with Gasteiger partial charge in [-0.25, -0.2) is 18.7 Å². The van der Waals surface area contributed by atoms with Crippen molar-refractivity contribution in [1.29, 1.82) is 0 Å². The Bertz CT molecular complexity index is 575. The molecule has 0 aliphatic heterocycles. The van der Waals surface area contributed by atoms with E-state index in [0.717, 1.165) is 16.6 Å². The van der Waals surface area contributed by atoms with E-state index < -0.39 is 6.43 Å². The van der Waals surface area contributed by atoms with Gasteiger partial charge in [0.05, 0.1) is 10.2 Å². The topological polar surface area (TPSA) is 37.8 Å². The maximum atomic E-state index is 12.5. The molecular weight excluding hydrogens is 328 g/mol. The van der Waals surface area contributed by atoms with Crippen LogP contribution in [0.3, 0.4) is 0 Å². The number of alkyl halides is 2. The summed E-state index contributed by atoms with van der Waals surface area (Å²) >= 11 is 3.45. The summed E-state index contributed by atoms with van der Waals surface area (Å²) in [5, 5.41) is 2.99. The van der Waals surface area contributed by atoms with Gasteiger partial charge in [-0.1, -0.05) is 31.2 Å². The minimum atomic E-state index is -2.46. The first-order valence-electron chi connectivity index (χ1n) is 6.19. The van der Waals surface area contributed by atoms with Gasteiger partial charge >= 0.3 is 0 Å². The third-order valence-electron chi connectivity index (χ3n) is 2.91. The summed E-state index contributed by atoms with van der Waals surface area (Å²) in [5.41, 5.74) is 1.58. The lowest BCUT2D eigenvalue weighted by Gasteiger charge is -2.10. The Morgan fingerprint density at radius 1 is 1.20 bits per heavy atom. The number of nitrogens with zero attached hydrogens (tertiary/aromatic N) is 2. The summed E-state index contributed by atoms with van der Waals surface area (Å²) in [6, 6.07) is 6.03. The average Bonchev–Trinajstić information content (AvgIpc) is 2.47. The van der Waals surface area contributed by atoms with E-state index in [9.17, 15) is 8.78 Å². The molecular formula is C14H14BrF2N3. The zero-order chi connectivity index (χ0) is 14.7. The molecule has 0 saturated heterocycles. The third kappa shape index (κ3) is 2.95. The Morgan fingerprint density at radius 2 is 1.85 bits per heavy atom. The molecule has 1 N–H and O–H groups in total. The van der Waals surface area contributed by atoms with Crippen molar-refractivity contribution < 1.29 is 8.78 Å². The van der Waals surface area contributed by atoms with Crippen molar-refractivity contribution in [1.82, 2.24) is 9.97 Å². The molecule has 0 unspecified atom stereocenters. The summed E-state index contributed by atoms with van der Waals surface area (Å²) in [6.45, 7) is 2.00. The fraction of sp³-hybridized carbons (Fsp3) is 0.286. The average molecular weight is 342 g/mol. The number of anilines is 1. The smallest absolute Gasteiger partial charge is 0.263 e. The number of hydrogen-bond acceptors (Lipinski definition) is 3. The molecule has 6 heteroatoms. The first-order valence-corrected chi connectivity index (χ1v) is 6.98. The van der Waals surface area contributed by atoms with Crippen molar-refractivity contribution >= 4 is 21.7 Å². The lowest BCUT2D eigenvalue weighted by Crippen LogP contribution is -2.02. The van der Waals surface area contributed by atoms with E-state index in [2.05, 4.69) is 31.2 Å². The fourth-order valence-corrected chi connectivity index (χ4v) is 2.46. The molecule has 1 heterocycles. The van der Waals surface area contributed by atoms with E-state index in [0.29, 0.717) is 17.2 Å². The highest BCUT2D eigenvalue weighted by molar-refractivity contribution is 9.10. The number of hydrogen-bond donors (Lipinski definition) is 1. The van der Waals surface area contributed by atoms with Gasteiger partial charge in [0.25, 0.3) is 6.43 Å². The minimum absolute atomic E-state index is 0.00424. The zero-order valence-electron chi connectivity index (χ0n) is 11.1. The molecule has 1 aromatic heterocycles. The first-order chi connectivity index (χ1) is 9.56. The number of halogens is 3. The molecule has 106 valence electrons. The van der Waals surface area contributed by atoms with E-state index in [4.69, 9.17) is 0 Å². The maximum absolute atomic E-state index is 12.5. The number of aryl methyl sites for hydroxylation is 1. The monoisotopic (exact) mass is 341 g/mol. The van der Waals surface area contributed by atoms with E-state index in [1.807, 2.05) is 6.92 Å². The van der Waals surface area contributed by atoms with Gasteiger partial charge in [-0.2, -0.15) is 0 Å². The second-order valence-corrected chi connectivity index (χ2v) is 4.98. The number of aromatic nitrogens is 2. The Labute approximate surface area is 124 Å². The van der Waals surface area contributed by atoms with Crippen LogP contribution >= 0.6 is 15.9 Å². The molecule has 0 amide bonds. The molecule has 2 aromatic rings. The molecule has 2 rings (SSSR count). The van der Waals surface area contributed by atoms with Crippen molar-refractivity contribution in [3.63, 3.8) is 0 Å². The molecule has 1 aromatic carbocycles. The number of benzene rings is 1. The van der Waals surface area contributed by atoms with Crippen LogP contribution in [0.5, 0.6) is 0 Å². The quantitative estimate of drug-likeness (QED) is 0.892. The van der Waals surface area contributed by atoms with Gasteiger partial charge in [0.2, 0.25) is 0 Å². The van der Waals surface area contributed by atoms with Crippen molar-refractivity contribution in [3.05, 3.63) is 40.0 Å². The number of rotatable bonds is 4. The normalized spacial score (nSPS) is 10.9. The summed E-state index contributed by atoms with van der Waals surface area (Å²) in [4.78, 5) is 8.85. The Kier molecular flexibility index (Phi) is 4.65. The van der Waals surface area contributed by atoms with Crippen LogP contribution < -0.4 is 5.32 Å². The largest absolute Gasteiger partial charge is 0.372 e. The minimum Gasteiger partial charge on any atom is -0.372 e. The summed E-state index contributed by atoms with van der Waals surface area (Å²) in [7, 11) is 1.77. The summed E-state index contributed by atoms with van der Waals surface area (Å²) in [5.74, 6) is 1.21. The maximum Gasteiger partial charge on any atom is 0.263 e. The highest BCUT2D eigenvalue weighted by Crippen LogP contribution is 2.28. The third-order valence-corrected chi connectivity index (χ3v) is 3.75. The Balaban J connectivity index is 2.46. The van der Waals surface area contributed by atoms with Crippen LogP contribution in [0, 0.1) is 0 Å². The fourth-order valence-electron chi connectivity index (χ4n) is 1.80. The van der Waals surface area contributed by atoms with Crippen molar-refractivity contribution in [2.75, 3.05) is 12.4 Å². The Hall–Kier alpha value is -1.56. The highest BCUT2D eigenvalue weighted by atomic mass is 79.9. The van der Waals surface area contributed by atoms with Crippen LogP contribution in [0.15, 0.2) is 28.7 Å². The van der Waals surface area contributed by atoms with E-state index in [1.54, 1.807) is 19.2 Å². The van der Waals surface area contributed by atoms with Gasteiger partial charge in [-0.15, -0.1) is 0 Å². The molecule has 0 aliphatic rings. The van der Waals surface area contributed by atoms with Crippen molar-refractivity contribution in [3.8, 4) is 11.4 Å². The molecule has 0 fully saturated rings. The summed E-state index contributed by atoms with van der Waals surface area (Å²) in [6.07, 6.45) is -1.71. The molecule has 0 saturated carbocycles. The zero-order valence-corrected chi connectivity index (χ0v) is 12.7. The number of nitrogens with one attached hydrogen (secondary N) is 1. The lowest BCUT2D eigenvalue weighted by molar-refractivity contribution is 0.151. The lowest BCUT2D eigenvalue weighted by atomic mass is 10.1. The van der Waals surface area contributed by atoms with E-state index >= 15 is 0 Å². The molecule has 0 bridgehead atoms. The van der Waals surface area contributed by atoms with Crippen LogP contribution in [0.1, 0.15) is 24.6 Å². The molecule has 0 atom stereocenters. The van der Waals surface area contributed by atoms with Gasteiger partial charge in [-0.3, -0.25) is 0 Å². The van der Waals surface area contributed by atoms with Gasteiger partial charge in [0, 0.05) is 18.2 Å². The van der Waals surface area contributed by atoms with Gasteiger partial charge < -0.3 is 5.32 Å². The SMILES string of the molecule is CCc1nc(-c2ccc(C(F)F)cc2)nc(NC)c1Br. The van der Waals surface area contributed by atoms with Crippen LogP contribution in [0.4, 0.5) is 14.6 Å². The first kappa shape index (κ1) is 14.8. The molecule has 3 nitrogen and oxygen atoms in total. The van der Waals surface area contributed by atoms with Gasteiger partial charge in [-0.05, 0) is 22.4 Å². The highest BCUT2D eigenvalue weighted by Gasteiger charge is 2.12. The van der Waals surface area contributed by atoms with Crippen LogP contribution in [0.25, 0.3) is 11.4 Å².